The van der Waals surface area contributed by atoms with Crippen LogP contribution < -0.4 is 15.4 Å². The van der Waals surface area contributed by atoms with Crippen molar-refractivity contribution >= 4 is 17.3 Å². The lowest BCUT2D eigenvalue weighted by molar-refractivity contribution is -0.114. The molecule has 1 aliphatic heterocycles. The van der Waals surface area contributed by atoms with Gasteiger partial charge in [-0.25, -0.2) is 0 Å². The van der Waals surface area contributed by atoms with E-state index in [9.17, 15) is 4.79 Å². The Morgan fingerprint density at radius 3 is 3.07 bits per heavy atom. The molecule has 1 aliphatic rings. The number of nitrogens with one attached hydrogen (secondary N) is 2. The normalized spacial score (nSPS) is 13.9. The Hall–Kier alpha value is -1.71. The summed E-state index contributed by atoms with van der Waals surface area (Å²) in [5.74, 6) is 0.802. The highest BCUT2D eigenvalue weighted by Gasteiger charge is 2.13. The van der Waals surface area contributed by atoms with Crippen molar-refractivity contribution in [3.05, 3.63) is 18.2 Å². The molecule has 0 atom stereocenters. The largest absolute Gasteiger partial charge is 0.494 e. The van der Waals surface area contributed by atoms with Gasteiger partial charge in [-0.3, -0.25) is 4.79 Å². The quantitative estimate of drug-likeness (QED) is 0.745. The molecule has 4 nitrogen and oxygen atoms in total. The monoisotopic (exact) mass is 192 g/mol. The smallest absolute Gasteiger partial charge is 0.243 e. The molecule has 1 aromatic carbocycles. The van der Waals surface area contributed by atoms with Gasteiger partial charge in [-0.05, 0) is 19.1 Å². The van der Waals surface area contributed by atoms with Gasteiger partial charge in [0.2, 0.25) is 5.91 Å². The molecule has 0 fully saturated rings. The first-order chi connectivity index (χ1) is 6.79. The molecule has 2 N–H and O–H groups in total. The molecular formula is C10H12N2O2. The zero-order valence-electron chi connectivity index (χ0n) is 7.96. The lowest BCUT2D eigenvalue weighted by Crippen LogP contribution is -2.27. The van der Waals surface area contributed by atoms with Crippen molar-refractivity contribution in [3.8, 4) is 5.75 Å². The fraction of sp³-hybridized carbons (Fsp3) is 0.300. The minimum absolute atomic E-state index is 0.0124. The van der Waals surface area contributed by atoms with Gasteiger partial charge in [0.15, 0.2) is 0 Å². The van der Waals surface area contributed by atoms with Gasteiger partial charge in [0.25, 0.3) is 0 Å². The maximum Gasteiger partial charge on any atom is 0.243 e. The molecule has 74 valence electrons. The van der Waals surface area contributed by atoms with Crippen LogP contribution >= 0.6 is 0 Å². The van der Waals surface area contributed by atoms with Crippen LogP contribution in [0.2, 0.25) is 0 Å². The fourth-order valence-electron chi connectivity index (χ4n) is 1.40. The second kappa shape index (κ2) is 3.57. The van der Waals surface area contributed by atoms with E-state index in [1.165, 1.54) is 0 Å². The second-order valence-corrected chi connectivity index (χ2v) is 3.04. The molecule has 0 radical (unpaired) electrons. The Morgan fingerprint density at radius 2 is 2.29 bits per heavy atom. The molecule has 1 amide bonds. The van der Waals surface area contributed by atoms with E-state index in [0.717, 1.165) is 17.1 Å². The van der Waals surface area contributed by atoms with Crippen molar-refractivity contribution in [1.29, 1.82) is 0 Å². The second-order valence-electron chi connectivity index (χ2n) is 3.04. The summed E-state index contributed by atoms with van der Waals surface area (Å²) < 4.78 is 5.35. The van der Waals surface area contributed by atoms with Crippen molar-refractivity contribution in [2.75, 3.05) is 23.8 Å². The van der Waals surface area contributed by atoms with Crippen LogP contribution in [0.4, 0.5) is 11.4 Å². The van der Waals surface area contributed by atoms with Crippen molar-refractivity contribution in [2.24, 2.45) is 0 Å². The fourth-order valence-corrected chi connectivity index (χ4v) is 1.40. The number of hydrogen-bond acceptors (Lipinski definition) is 3. The van der Waals surface area contributed by atoms with Crippen LogP contribution in [0.15, 0.2) is 18.2 Å². The van der Waals surface area contributed by atoms with E-state index < -0.39 is 0 Å². The van der Waals surface area contributed by atoms with Crippen molar-refractivity contribution < 1.29 is 9.53 Å². The maximum atomic E-state index is 11.0. The summed E-state index contributed by atoms with van der Waals surface area (Å²) in [7, 11) is 0. The minimum atomic E-state index is -0.0124. The summed E-state index contributed by atoms with van der Waals surface area (Å²) in [6, 6.07) is 5.57. The molecule has 0 aliphatic carbocycles. The summed E-state index contributed by atoms with van der Waals surface area (Å²) in [6.45, 7) is 2.91. The lowest BCUT2D eigenvalue weighted by atomic mass is 10.2. The van der Waals surface area contributed by atoms with E-state index in [-0.39, 0.29) is 5.91 Å². The maximum absolute atomic E-state index is 11.0. The first-order valence-electron chi connectivity index (χ1n) is 4.60. The van der Waals surface area contributed by atoms with Crippen molar-refractivity contribution in [1.82, 2.24) is 0 Å². The van der Waals surface area contributed by atoms with E-state index in [0.29, 0.717) is 13.2 Å². The van der Waals surface area contributed by atoms with Crippen molar-refractivity contribution in [2.45, 2.75) is 6.92 Å². The third-order valence-electron chi connectivity index (χ3n) is 2.02. The van der Waals surface area contributed by atoms with Crippen LogP contribution in [0.25, 0.3) is 0 Å². The van der Waals surface area contributed by atoms with Gasteiger partial charge in [0, 0.05) is 6.07 Å². The molecule has 1 aromatic rings. The average Bonchev–Trinajstić information content (AvgIpc) is 2.19. The molecular weight excluding hydrogens is 180 g/mol. The van der Waals surface area contributed by atoms with Gasteiger partial charge >= 0.3 is 0 Å². The SMILES string of the molecule is CCOc1ccc2c(c1)NCC(=O)N2. The summed E-state index contributed by atoms with van der Waals surface area (Å²) in [6.07, 6.45) is 0. The highest BCUT2D eigenvalue weighted by Crippen LogP contribution is 2.28. The van der Waals surface area contributed by atoms with E-state index in [1.807, 2.05) is 25.1 Å². The number of fused-ring (bicyclic) bond motifs is 1. The summed E-state index contributed by atoms with van der Waals surface area (Å²) in [5, 5.41) is 5.79. The van der Waals surface area contributed by atoms with Crippen molar-refractivity contribution in [3.63, 3.8) is 0 Å². The Bertz CT molecular complexity index is 363. The van der Waals surface area contributed by atoms with Crippen LogP contribution in [-0.4, -0.2) is 19.1 Å². The molecule has 0 unspecified atom stereocenters. The highest BCUT2D eigenvalue weighted by atomic mass is 16.5. The Kier molecular flexibility index (Phi) is 2.26. The Labute approximate surface area is 82.3 Å². The number of anilines is 2. The minimum Gasteiger partial charge on any atom is -0.494 e. The predicted molar refractivity (Wildman–Crippen MR) is 54.7 cm³/mol. The number of rotatable bonds is 2. The highest BCUT2D eigenvalue weighted by molar-refractivity contribution is 6.00. The number of hydrogen-bond donors (Lipinski definition) is 2. The van der Waals surface area contributed by atoms with Gasteiger partial charge in [0.05, 0.1) is 24.5 Å². The zero-order valence-corrected chi connectivity index (χ0v) is 7.96. The van der Waals surface area contributed by atoms with E-state index >= 15 is 0 Å². The lowest BCUT2D eigenvalue weighted by Gasteiger charge is -2.19. The first-order valence-corrected chi connectivity index (χ1v) is 4.60. The number of carbonyl (C=O) groups is 1. The molecule has 4 heteroatoms. The first kappa shape index (κ1) is 8.87. The number of benzene rings is 1. The van der Waals surface area contributed by atoms with E-state index in [2.05, 4.69) is 10.6 Å². The third kappa shape index (κ3) is 1.64. The summed E-state index contributed by atoms with van der Waals surface area (Å²) in [4.78, 5) is 11.0. The van der Waals surface area contributed by atoms with Crippen LogP contribution in [0.3, 0.4) is 0 Å². The predicted octanol–water partition coefficient (Wildman–Crippen LogP) is 1.45. The molecule has 0 saturated carbocycles. The topological polar surface area (TPSA) is 50.4 Å². The van der Waals surface area contributed by atoms with Gasteiger partial charge < -0.3 is 15.4 Å². The number of carbonyl (C=O) groups excluding carboxylic acids is 1. The molecule has 1 heterocycles. The average molecular weight is 192 g/mol. The van der Waals surface area contributed by atoms with Crippen LogP contribution in [0.1, 0.15) is 6.92 Å². The van der Waals surface area contributed by atoms with E-state index in [1.54, 1.807) is 0 Å². The number of ether oxygens (including phenoxy) is 1. The molecule has 0 bridgehead atoms. The van der Waals surface area contributed by atoms with Crippen LogP contribution in [0.5, 0.6) is 5.75 Å². The zero-order chi connectivity index (χ0) is 9.97. The number of amides is 1. The molecule has 0 aromatic heterocycles. The van der Waals surface area contributed by atoms with E-state index in [4.69, 9.17) is 4.74 Å². The van der Waals surface area contributed by atoms with Crippen LogP contribution in [0, 0.1) is 0 Å². The molecule has 0 spiro atoms. The summed E-state index contributed by atoms with van der Waals surface area (Å²) in [5.41, 5.74) is 1.72. The molecule has 2 rings (SSSR count). The summed E-state index contributed by atoms with van der Waals surface area (Å²) >= 11 is 0. The van der Waals surface area contributed by atoms with Gasteiger partial charge in [0.1, 0.15) is 5.75 Å². The molecule has 0 saturated heterocycles. The van der Waals surface area contributed by atoms with Gasteiger partial charge in [-0.1, -0.05) is 0 Å². The molecule has 14 heavy (non-hydrogen) atoms. The standard InChI is InChI=1S/C10H12N2O2/c1-2-14-7-3-4-8-9(5-7)11-6-10(13)12-8/h3-5,11H,2,6H2,1H3,(H,12,13). The van der Waals surface area contributed by atoms with Gasteiger partial charge in [-0.2, -0.15) is 0 Å². The Morgan fingerprint density at radius 1 is 1.43 bits per heavy atom. The van der Waals surface area contributed by atoms with Crippen LogP contribution in [-0.2, 0) is 4.79 Å². The van der Waals surface area contributed by atoms with Gasteiger partial charge in [-0.15, -0.1) is 0 Å². The Balaban J connectivity index is 2.26. The third-order valence-corrected chi connectivity index (χ3v) is 2.02.